The van der Waals surface area contributed by atoms with Gasteiger partial charge in [-0.3, -0.25) is 14.4 Å². The topological polar surface area (TPSA) is 91.7 Å². The van der Waals surface area contributed by atoms with Crippen LogP contribution in [0, 0.1) is 5.92 Å². The maximum atomic E-state index is 12.5. The van der Waals surface area contributed by atoms with Crippen LogP contribution in [0.25, 0.3) is 0 Å². The molecule has 27 heavy (non-hydrogen) atoms. The van der Waals surface area contributed by atoms with E-state index >= 15 is 0 Å². The summed E-state index contributed by atoms with van der Waals surface area (Å²) in [6.45, 7) is 1.28. The molecular weight excluding hydrogens is 346 g/mol. The van der Waals surface area contributed by atoms with Gasteiger partial charge in [-0.15, -0.1) is 0 Å². The van der Waals surface area contributed by atoms with Crippen LogP contribution >= 0.6 is 0 Å². The van der Waals surface area contributed by atoms with E-state index in [1.54, 1.807) is 17.0 Å². The zero-order valence-corrected chi connectivity index (χ0v) is 15.0. The molecule has 7 heteroatoms. The van der Waals surface area contributed by atoms with Crippen LogP contribution in [-0.4, -0.2) is 42.3 Å². The van der Waals surface area contributed by atoms with Crippen LogP contribution in [0.2, 0.25) is 0 Å². The third-order valence-electron chi connectivity index (χ3n) is 4.56. The van der Waals surface area contributed by atoms with Gasteiger partial charge in [0.25, 0.3) is 5.91 Å². The molecule has 0 bridgehead atoms. The first-order valence-corrected chi connectivity index (χ1v) is 9.09. The fourth-order valence-electron chi connectivity index (χ4n) is 3.12. The Balaban J connectivity index is 1.45. The van der Waals surface area contributed by atoms with E-state index in [1.165, 1.54) is 6.26 Å². The molecule has 3 amide bonds. The zero-order chi connectivity index (χ0) is 19.1. The lowest BCUT2D eigenvalue weighted by atomic mass is 9.96. The fourth-order valence-corrected chi connectivity index (χ4v) is 3.12. The minimum atomic E-state index is -0.341. The first-order valence-electron chi connectivity index (χ1n) is 9.09. The minimum absolute atomic E-state index is 0.0630. The van der Waals surface area contributed by atoms with Gasteiger partial charge in [0, 0.05) is 31.7 Å². The quantitative estimate of drug-likeness (QED) is 0.817. The van der Waals surface area contributed by atoms with Crippen molar-refractivity contribution in [1.29, 1.82) is 0 Å². The van der Waals surface area contributed by atoms with Crippen LogP contribution in [0.3, 0.4) is 0 Å². The number of carbonyl (C=O) groups is 3. The van der Waals surface area contributed by atoms with Crippen molar-refractivity contribution in [1.82, 2.24) is 10.2 Å². The molecule has 142 valence electrons. The van der Waals surface area contributed by atoms with Gasteiger partial charge in [-0.2, -0.15) is 0 Å². The highest BCUT2D eigenvalue weighted by Crippen LogP contribution is 2.19. The number of likely N-dealkylation sites (tertiary alicyclic amines) is 1. The summed E-state index contributed by atoms with van der Waals surface area (Å²) < 4.78 is 5.01. The molecule has 1 saturated heterocycles. The number of rotatable bonds is 6. The molecule has 7 nitrogen and oxygen atoms in total. The molecule has 1 aliphatic heterocycles. The summed E-state index contributed by atoms with van der Waals surface area (Å²) in [7, 11) is 0. The number of amides is 3. The number of para-hydroxylation sites is 1. The van der Waals surface area contributed by atoms with Gasteiger partial charge in [-0.25, -0.2) is 0 Å². The number of carbonyl (C=O) groups excluding carboxylic acids is 3. The predicted octanol–water partition coefficient (Wildman–Crippen LogP) is 2.28. The Bertz CT molecular complexity index is 774. The van der Waals surface area contributed by atoms with Crippen LogP contribution < -0.4 is 10.6 Å². The molecule has 0 unspecified atom stereocenters. The summed E-state index contributed by atoms with van der Waals surface area (Å²) in [4.78, 5) is 38.4. The van der Waals surface area contributed by atoms with Crippen molar-refractivity contribution < 1.29 is 18.8 Å². The number of furan rings is 1. The molecule has 2 aromatic rings. The van der Waals surface area contributed by atoms with Crippen molar-refractivity contribution in [3.63, 3.8) is 0 Å². The van der Waals surface area contributed by atoms with E-state index in [0.717, 1.165) is 18.5 Å². The number of benzene rings is 1. The maximum absolute atomic E-state index is 12.5. The average Bonchev–Trinajstić information content (AvgIpc) is 3.23. The Kier molecular flexibility index (Phi) is 6.25. The highest BCUT2D eigenvalue weighted by molar-refractivity contribution is 5.93. The van der Waals surface area contributed by atoms with Crippen molar-refractivity contribution in [2.75, 3.05) is 25.0 Å². The van der Waals surface area contributed by atoms with Gasteiger partial charge >= 0.3 is 0 Å². The molecule has 2 heterocycles. The van der Waals surface area contributed by atoms with Gasteiger partial charge in [-0.1, -0.05) is 18.2 Å². The minimum Gasteiger partial charge on any atom is -0.459 e. The summed E-state index contributed by atoms with van der Waals surface area (Å²) in [5.41, 5.74) is 0.756. The lowest BCUT2D eigenvalue weighted by molar-refractivity contribution is -0.134. The van der Waals surface area contributed by atoms with E-state index in [-0.39, 0.29) is 42.4 Å². The van der Waals surface area contributed by atoms with E-state index in [9.17, 15) is 14.4 Å². The van der Waals surface area contributed by atoms with E-state index < -0.39 is 0 Å². The van der Waals surface area contributed by atoms with Gasteiger partial charge in [0.1, 0.15) is 0 Å². The molecule has 0 spiro atoms. The molecule has 0 radical (unpaired) electrons. The Morgan fingerprint density at radius 3 is 2.67 bits per heavy atom. The van der Waals surface area contributed by atoms with E-state index in [1.807, 2.05) is 30.3 Å². The predicted molar refractivity (Wildman–Crippen MR) is 100 cm³/mol. The van der Waals surface area contributed by atoms with Crippen LogP contribution in [0.15, 0.2) is 53.1 Å². The van der Waals surface area contributed by atoms with Gasteiger partial charge in [-0.05, 0) is 37.1 Å². The summed E-state index contributed by atoms with van der Waals surface area (Å²) in [6.07, 6.45) is 3.17. The number of piperidine rings is 1. The number of hydrogen-bond donors (Lipinski definition) is 2. The van der Waals surface area contributed by atoms with Crippen LogP contribution in [0.4, 0.5) is 5.69 Å². The van der Waals surface area contributed by atoms with Crippen molar-refractivity contribution in [2.24, 2.45) is 5.92 Å². The second-order valence-electron chi connectivity index (χ2n) is 6.52. The molecular formula is C20H23N3O4. The molecule has 1 fully saturated rings. The largest absolute Gasteiger partial charge is 0.459 e. The fraction of sp³-hybridized carbons (Fsp3) is 0.350. The third-order valence-corrected chi connectivity index (χ3v) is 4.56. The van der Waals surface area contributed by atoms with Gasteiger partial charge < -0.3 is 20.0 Å². The van der Waals surface area contributed by atoms with Crippen LogP contribution in [-0.2, 0) is 9.59 Å². The highest BCUT2D eigenvalue weighted by Gasteiger charge is 2.28. The van der Waals surface area contributed by atoms with Crippen molar-refractivity contribution in [3.05, 3.63) is 54.5 Å². The molecule has 3 rings (SSSR count). The Hall–Kier alpha value is -3.09. The molecule has 0 aliphatic carbocycles. The first kappa shape index (κ1) is 18.7. The van der Waals surface area contributed by atoms with Crippen LogP contribution in [0.1, 0.15) is 29.8 Å². The van der Waals surface area contributed by atoms with E-state index in [0.29, 0.717) is 13.1 Å². The van der Waals surface area contributed by atoms with Crippen molar-refractivity contribution in [2.45, 2.75) is 19.3 Å². The Morgan fingerprint density at radius 1 is 1.11 bits per heavy atom. The smallest absolute Gasteiger partial charge is 0.286 e. The number of anilines is 1. The second kappa shape index (κ2) is 9.02. The highest BCUT2D eigenvalue weighted by atomic mass is 16.3. The average molecular weight is 369 g/mol. The molecule has 0 saturated carbocycles. The van der Waals surface area contributed by atoms with Crippen molar-refractivity contribution in [3.8, 4) is 0 Å². The SMILES string of the molecule is O=C(NCCC(=O)N1CCC[C@H](C(=O)Nc2ccccc2)C1)c1ccco1. The first-order chi connectivity index (χ1) is 13.1. The molecule has 1 aliphatic rings. The second-order valence-corrected chi connectivity index (χ2v) is 6.52. The summed E-state index contributed by atoms with van der Waals surface area (Å²) in [5.74, 6) is -0.470. The number of nitrogens with zero attached hydrogens (tertiary/aromatic N) is 1. The van der Waals surface area contributed by atoms with E-state index in [2.05, 4.69) is 10.6 Å². The lowest BCUT2D eigenvalue weighted by Gasteiger charge is -2.32. The third kappa shape index (κ3) is 5.20. The maximum Gasteiger partial charge on any atom is 0.286 e. The van der Waals surface area contributed by atoms with Crippen molar-refractivity contribution >= 4 is 23.4 Å². The molecule has 1 atom stereocenters. The van der Waals surface area contributed by atoms with Gasteiger partial charge in [0.05, 0.1) is 12.2 Å². The van der Waals surface area contributed by atoms with E-state index in [4.69, 9.17) is 4.42 Å². The van der Waals surface area contributed by atoms with Gasteiger partial charge in [0.2, 0.25) is 11.8 Å². The lowest BCUT2D eigenvalue weighted by Crippen LogP contribution is -2.44. The molecule has 1 aromatic carbocycles. The number of hydrogen-bond acceptors (Lipinski definition) is 4. The van der Waals surface area contributed by atoms with Gasteiger partial charge in [0.15, 0.2) is 5.76 Å². The molecule has 1 aromatic heterocycles. The Morgan fingerprint density at radius 2 is 1.93 bits per heavy atom. The monoisotopic (exact) mass is 369 g/mol. The summed E-state index contributed by atoms with van der Waals surface area (Å²) in [5, 5.41) is 5.56. The Labute approximate surface area is 157 Å². The number of nitrogens with one attached hydrogen (secondary N) is 2. The van der Waals surface area contributed by atoms with Crippen LogP contribution in [0.5, 0.6) is 0 Å². The normalized spacial score (nSPS) is 16.6. The zero-order valence-electron chi connectivity index (χ0n) is 15.0. The summed E-state index contributed by atoms with van der Waals surface area (Å²) >= 11 is 0. The summed E-state index contributed by atoms with van der Waals surface area (Å²) in [6, 6.07) is 12.5. The standard InChI is InChI=1S/C20H23N3O4/c24-18(10-11-21-20(26)17-9-5-13-27-17)23-12-4-6-15(14-23)19(25)22-16-7-2-1-3-8-16/h1-3,5,7-9,13,15H,4,6,10-12,14H2,(H,21,26)(H,22,25)/t15-/m0/s1. The molecule has 2 N–H and O–H groups in total.